The molecule has 0 aliphatic heterocycles. The van der Waals surface area contributed by atoms with Crippen molar-refractivity contribution in [2.45, 2.75) is 13.0 Å². The Kier molecular flexibility index (Phi) is 3.30. The van der Waals surface area contributed by atoms with Crippen molar-refractivity contribution in [3.8, 4) is 16.5 Å². The fourth-order valence-corrected chi connectivity index (χ4v) is 3.13. The molecule has 8 heteroatoms. The van der Waals surface area contributed by atoms with E-state index in [9.17, 15) is 4.79 Å². The molecule has 1 aromatic carbocycles. The smallest absolute Gasteiger partial charge is 0.328 e. The Hall–Kier alpha value is -2.48. The van der Waals surface area contributed by atoms with Gasteiger partial charge in [0.2, 0.25) is 0 Å². The Labute approximate surface area is 123 Å². The highest BCUT2D eigenvalue weighted by atomic mass is 32.1. The summed E-state index contributed by atoms with van der Waals surface area (Å²) in [5.74, 6) is 0.223. The molecule has 0 bridgehead atoms. The first-order valence-corrected chi connectivity index (χ1v) is 7.06. The quantitative estimate of drug-likeness (QED) is 0.794. The zero-order valence-corrected chi connectivity index (χ0v) is 12.2. The number of aliphatic carboxylic acids is 1. The molecule has 1 unspecified atom stereocenters. The van der Waals surface area contributed by atoms with Gasteiger partial charge in [0.15, 0.2) is 11.9 Å². The van der Waals surface area contributed by atoms with Crippen LogP contribution in [0.2, 0.25) is 0 Å². The van der Waals surface area contributed by atoms with Crippen LogP contribution in [0.25, 0.3) is 21.5 Å². The van der Waals surface area contributed by atoms with Gasteiger partial charge in [0.1, 0.15) is 5.75 Å². The van der Waals surface area contributed by atoms with Gasteiger partial charge in [0, 0.05) is 16.2 Å². The molecule has 21 heavy (non-hydrogen) atoms. The van der Waals surface area contributed by atoms with Crippen LogP contribution in [0, 0.1) is 0 Å². The minimum atomic E-state index is -0.984. The van der Waals surface area contributed by atoms with Crippen LogP contribution in [0.1, 0.15) is 13.0 Å². The van der Waals surface area contributed by atoms with Gasteiger partial charge in [-0.25, -0.2) is 9.48 Å². The molecule has 2 heterocycles. The SMILES string of the molecule is COc1cccc2c(-c3nnnn3C(C)C(=O)O)scc12. The molecular formula is C13H12N4O3S. The molecule has 0 spiro atoms. The second-order valence-corrected chi connectivity index (χ2v) is 5.33. The van der Waals surface area contributed by atoms with Crippen LogP contribution in [0.4, 0.5) is 0 Å². The molecule has 1 N–H and O–H groups in total. The Morgan fingerprint density at radius 1 is 1.43 bits per heavy atom. The van der Waals surface area contributed by atoms with E-state index in [-0.39, 0.29) is 0 Å². The summed E-state index contributed by atoms with van der Waals surface area (Å²) in [6, 6.07) is 4.86. The molecular weight excluding hydrogens is 292 g/mol. The summed E-state index contributed by atoms with van der Waals surface area (Å²) in [5, 5.41) is 24.4. The molecule has 3 rings (SSSR count). The van der Waals surface area contributed by atoms with E-state index in [1.54, 1.807) is 14.0 Å². The number of carboxylic acids is 1. The minimum Gasteiger partial charge on any atom is -0.496 e. The van der Waals surface area contributed by atoms with Crippen LogP contribution in [0.3, 0.4) is 0 Å². The summed E-state index contributed by atoms with van der Waals surface area (Å²) in [7, 11) is 1.61. The molecule has 0 radical (unpaired) electrons. The van der Waals surface area contributed by atoms with Crippen molar-refractivity contribution in [2.24, 2.45) is 0 Å². The predicted molar refractivity (Wildman–Crippen MR) is 77.5 cm³/mol. The molecule has 7 nitrogen and oxygen atoms in total. The van der Waals surface area contributed by atoms with E-state index >= 15 is 0 Å². The molecule has 0 aliphatic rings. The van der Waals surface area contributed by atoms with Crippen molar-refractivity contribution in [2.75, 3.05) is 7.11 Å². The fourth-order valence-electron chi connectivity index (χ4n) is 2.10. The van der Waals surface area contributed by atoms with Crippen LogP contribution < -0.4 is 4.74 Å². The third kappa shape index (κ3) is 2.13. The number of thiophene rings is 1. The van der Waals surface area contributed by atoms with Gasteiger partial charge in [-0.1, -0.05) is 12.1 Å². The number of tetrazole rings is 1. The standard InChI is InChI=1S/C13H12N4O3S/c1-7(13(18)19)17-12(14-15-16-17)11-8-4-3-5-10(20-2)9(8)6-21-11/h3-7H,1-2H3,(H,18,19). The first-order chi connectivity index (χ1) is 10.1. The largest absolute Gasteiger partial charge is 0.496 e. The predicted octanol–water partition coefficient (Wildman–Crippen LogP) is 2.21. The van der Waals surface area contributed by atoms with Crippen LogP contribution in [0.15, 0.2) is 23.6 Å². The molecule has 1 atom stereocenters. The lowest BCUT2D eigenvalue weighted by Crippen LogP contribution is -2.17. The summed E-state index contributed by atoms with van der Waals surface area (Å²) in [6.07, 6.45) is 0. The van der Waals surface area contributed by atoms with Crippen LogP contribution in [-0.4, -0.2) is 38.4 Å². The van der Waals surface area contributed by atoms with E-state index < -0.39 is 12.0 Å². The highest BCUT2D eigenvalue weighted by molar-refractivity contribution is 7.15. The van der Waals surface area contributed by atoms with Crippen molar-refractivity contribution in [3.63, 3.8) is 0 Å². The first-order valence-electron chi connectivity index (χ1n) is 6.18. The Balaban J connectivity index is 2.19. The van der Waals surface area contributed by atoms with E-state index in [0.717, 1.165) is 21.4 Å². The number of carbonyl (C=O) groups is 1. The van der Waals surface area contributed by atoms with E-state index in [1.165, 1.54) is 16.0 Å². The third-order valence-electron chi connectivity index (χ3n) is 3.25. The maximum absolute atomic E-state index is 11.2. The van der Waals surface area contributed by atoms with Crippen LogP contribution in [0.5, 0.6) is 5.75 Å². The zero-order chi connectivity index (χ0) is 15.0. The first kappa shape index (κ1) is 13.5. The van der Waals surface area contributed by atoms with Gasteiger partial charge >= 0.3 is 5.97 Å². The lowest BCUT2D eigenvalue weighted by Gasteiger charge is -2.08. The van der Waals surface area contributed by atoms with Crippen molar-refractivity contribution < 1.29 is 14.6 Å². The second-order valence-electron chi connectivity index (χ2n) is 4.45. The summed E-state index contributed by atoms with van der Waals surface area (Å²) in [6.45, 7) is 1.54. The number of hydrogen-bond acceptors (Lipinski definition) is 6. The van der Waals surface area contributed by atoms with Crippen molar-refractivity contribution in [3.05, 3.63) is 23.6 Å². The second kappa shape index (κ2) is 5.13. The minimum absolute atomic E-state index is 0.443. The molecule has 0 aliphatic carbocycles. The lowest BCUT2D eigenvalue weighted by atomic mass is 10.1. The number of ether oxygens (including phenoxy) is 1. The summed E-state index contributed by atoms with van der Waals surface area (Å²) >= 11 is 1.46. The number of carboxylic acid groups (broad SMARTS) is 1. The number of hydrogen-bond donors (Lipinski definition) is 1. The van der Waals surface area contributed by atoms with Gasteiger partial charge in [0.05, 0.1) is 12.0 Å². The van der Waals surface area contributed by atoms with E-state index in [1.807, 2.05) is 23.6 Å². The van der Waals surface area contributed by atoms with Gasteiger partial charge in [-0.3, -0.25) is 0 Å². The maximum atomic E-state index is 11.2. The molecule has 0 amide bonds. The topological polar surface area (TPSA) is 90.1 Å². The van der Waals surface area contributed by atoms with Gasteiger partial charge < -0.3 is 9.84 Å². The number of nitrogens with zero attached hydrogens (tertiary/aromatic N) is 4. The number of aromatic nitrogens is 4. The van der Waals surface area contributed by atoms with Crippen molar-refractivity contribution in [1.29, 1.82) is 0 Å². The molecule has 2 aromatic heterocycles. The highest BCUT2D eigenvalue weighted by Crippen LogP contribution is 2.38. The van der Waals surface area contributed by atoms with Crippen molar-refractivity contribution >= 4 is 28.1 Å². The number of rotatable bonds is 4. The normalized spacial score (nSPS) is 12.5. The number of benzene rings is 1. The molecule has 0 saturated heterocycles. The maximum Gasteiger partial charge on any atom is 0.328 e. The van der Waals surface area contributed by atoms with E-state index in [4.69, 9.17) is 9.84 Å². The van der Waals surface area contributed by atoms with Crippen molar-refractivity contribution in [1.82, 2.24) is 20.2 Å². The molecule has 108 valence electrons. The van der Waals surface area contributed by atoms with Gasteiger partial charge in [-0.05, 0) is 23.4 Å². The Bertz CT molecular complexity index is 811. The van der Waals surface area contributed by atoms with Crippen LogP contribution >= 0.6 is 11.3 Å². The van der Waals surface area contributed by atoms with E-state index in [0.29, 0.717) is 5.82 Å². The Morgan fingerprint density at radius 2 is 2.24 bits per heavy atom. The Morgan fingerprint density at radius 3 is 2.95 bits per heavy atom. The molecule has 3 aromatic rings. The van der Waals surface area contributed by atoms with E-state index in [2.05, 4.69) is 15.5 Å². The fraction of sp³-hybridized carbons (Fsp3) is 0.231. The van der Waals surface area contributed by atoms with Gasteiger partial charge in [-0.2, -0.15) is 0 Å². The zero-order valence-electron chi connectivity index (χ0n) is 11.3. The number of fused-ring (bicyclic) bond motifs is 1. The lowest BCUT2D eigenvalue weighted by molar-refractivity contribution is -0.140. The third-order valence-corrected chi connectivity index (χ3v) is 4.24. The van der Waals surface area contributed by atoms with Crippen LogP contribution in [-0.2, 0) is 4.79 Å². The molecule has 0 saturated carbocycles. The highest BCUT2D eigenvalue weighted by Gasteiger charge is 2.22. The van der Waals surface area contributed by atoms with Gasteiger partial charge in [-0.15, -0.1) is 16.4 Å². The summed E-state index contributed by atoms with van der Waals surface area (Å²) < 4.78 is 6.64. The average molecular weight is 304 g/mol. The number of methoxy groups -OCH3 is 1. The monoisotopic (exact) mass is 304 g/mol. The summed E-state index contributed by atoms with van der Waals surface area (Å²) in [4.78, 5) is 12.0. The average Bonchev–Trinajstić information content (AvgIpc) is 3.11. The van der Waals surface area contributed by atoms with Gasteiger partial charge in [0.25, 0.3) is 0 Å². The summed E-state index contributed by atoms with van der Waals surface area (Å²) in [5.41, 5.74) is 0. The molecule has 0 fully saturated rings.